The predicted molar refractivity (Wildman–Crippen MR) is 82.3 cm³/mol. The third kappa shape index (κ3) is 3.65. The molecule has 2 N–H and O–H groups in total. The van der Waals surface area contributed by atoms with E-state index in [1.807, 2.05) is 0 Å². The molecule has 0 aromatic heterocycles. The molecule has 1 saturated carbocycles. The fourth-order valence-electron chi connectivity index (χ4n) is 2.48. The minimum atomic E-state index is -3.09. The van der Waals surface area contributed by atoms with Gasteiger partial charge in [-0.15, -0.1) is 0 Å². The number of carbonyl (C=O) groups is 2. The summed E-state index contributed by atoms with van der Waals surface area (Å²) in [6.45, 7) is 0. The predicted octanol–water partition coefficient (Wildman–Crippen LogP) is 0.952. The van der Waals surface area contributed by atoms with Crippen molar-refractivity contribution in [3.8, 4) is 0 Å². The lowest BCUT2D eigenvalue weighted by atomic mass is 10.1. The molecule has 22 heavy (non-hydrogen) atoms. The molecule has 1 heterocycles. The maximum Gasteiger partial charge on any atom is 0.251 e. The maximum atomic E-state index is 12.1. The summed E-state index contributed by atoms with van der Waals surface area (Å²) < 4.78 is 22.8. The van der Waals surface area contributed by atoms with Crippen molar-refractivity contribution in [2.45, 2.75) is 25.3 Å². The number of rotatable bonds is 4. The molecule has 0 bridgehead atoms. The molecular formula is C15H18N2O4S. The van der Waals surface area contributed by atoms with Crippen LogP contribution in [-0.4, -0.2) is 37.8 Å². The van der Waals surface area contributed by atoms with E-state index in [4.69, 9.17) is 0 Å². The van der Waals surface area contributed by atoms with Gasteiger partial charge in [0.05, 0.1) is 17.4 Å². The third-order valence-electron chi connectivity index (χ3n) is 3.91. The van der Waals surface area contributed by atoms with Crippen LogP contribution in [0.3, 0.4) is 0 Å². The first-order valence-electron chi connectivity index (χ1n) is 7.35. The van der Waals surface area contributed by atoms with Gasteiger partial charge in [0.15, 0.2) is 9.84 Å². The Balaban J connectivity index is 1.64. The Bertz CT molecular complexity index is 710. The van der Waals surface area contributed by atoms with Crippen LogP contribution in [0.1, 0.15) is 29.6 Å². The quantitative estimate of drug-likeness (QED) is 0.863. The molecule has 1 aromatic rings. The number of hydrogen-bond donors (Lipinski definition) is 2. The molecule has 1 aliphatic heterocycles. The van der Waals surface area contributed by atoms with Crippen LogP contribution in [0.2, 0.25) is 0 Å². The van der Waals surface area contributed by atoms with Crippen molar-refractivity contribution in [3.63, 3.8) is 0 Å². The Morgan fingerprint density at radius 2 is 1.91 bits per heavy atom. The van der Waals surface area contributed by atoms with E-state index in [2.05, 4.69) is 10.6 Å². The Morgan fingerprint density at radius 1 is 1.14 bits per heavy atom. The molecule has 6 nitrogen and oxygen atoms in total. The van der Waals surface area contributed by atoms with E-state index < -0.39 is 15.8 Å². The first-order chi connectivity index (χ1) is 10.4. The number of carbonyl (C=O) groups excluding carboxylic acids is 2. The summed E-state index contributed by atoms with van der Waals surface area (Å²) in [5.41, 5.74) is 1.00. The SMILES string of the molecule is O=C(NC1CC1)c1cccc(NC(=O)C2CCS(=O)(=O)C2)c1. The van der Waals surface area contributed by atoms with Crippen molar-refractivity contribution >= 4 is 27.3 Å². The van der Waals surface area contributed by atoms with Crippen molar-refractivity contribution in [2.24, 2.45) is 5.92 Å². The molecule has 2 aliphatic rings. The average molecular weight is 322 g/mol. The number of sulfone groups is 1. The lowest BCUT2D eigenvalue weighted by Gasteiger charge is -2.10. The van der Waals surface area contributed by atoms with Gasteiger partial charge in [-0.1, -0.05) is 6.07 Å². The highest BCUT2D eigenvalue weighted by Crippen LogP contribution is 2.22. The summed E-state index contributed by atoms with van der Waals surface area (Å²) in [5, 5.41) is 5.59. The molecule has 0 spiro atoms. The standard InChI is InChI=1S/C15H18N2O4S/c18-14(16-12-4-5-12)10-2-1-3-13(8-10)17-15(19)11-6-7-22(20,21)9-11/h1-3,8,11-12H,4-7,9H2,(H,16,18)(H,17,19). The Morgan fingerprint density at radius 3 is 2.55 bits per heavy atom. The molecule has 3 rings (SSSR count). The first kappa shape index (κ1) is 15.0. The molecule has 1 aromatic carbocycles. The third-order valence-corrected chi connectivity index (χ3v) is 5.68. The molecule has 1 unspecified atom stereocenters. The first-order valence-corrected chi connectivity index (χ1v) is 9.17. The van der Waals surface area contributed by atoms with E-state index in [0.29, 0.717) is 17.7 Å². The second-order valence-electron chi connectivity index (χ2n) is 5.92. The van der Waals surface area contributed by atoms with Crippen LogP contribution < -0.4 is 10.6 Å². The molecule has 7 heteroatoms. The molecule has 1 atom stereocenters. The molecule has 2 amide bonds. The molecule has 0 radical (unpaired) electrons. The Kier molecular flexibility index (Phi) is 3.90. The van der Waals surface area contributed by atoms with Crippen LogP contribution in [0.4, 0.5) is 5.69 Å². The lowest BCUT2D eigenvalue weighted by Crippen LogP contribution is -2.26. The molecule has 118 valence electrons. The number of nitrogens with one attached hydrogen (secondary N) is 2. The van der Waals surface area contributed by atoms with Crippen molar-refractivity contribution in [3.05, 3.63) is 29.8 Å². The lowest BCUT2D eigenvalue weighted by molar-refractivity contribution is -0.119. The van der Waals surface area contributed by atoms with E-state index in [-0.39, 0.29) is 29.4 Å². The number of anilines is 1. The van der Waals surface area contributed by atoms with Crippen molar-refractivity contribution in [1.29, 1.82) is 0 Å². The zero-order valence-electron chi connectivity index (χ0n) is 12.0. The van der Waals surface area contributed by atoms with Gasteiger partial charge in [0.25, 0.3) is 5.91 Å². The summed E-state index contributed by atoms with van der Waals surface area (Å²) in [4.78, 5) is 24.1. The normalized spacial score (nSPS) is 23.0. The number of hydrogen-bond acceptors (Lipinski definition) is 4. The van der Waals surface area contributed by atoms with Gasteiger partial charge in [-0.05, 0) is 37.5 Å². The van der Waals surface area contributed by atoms with Crippen molar-refractivity contribution in [2.75, 3.05) is 16.8 Å². The Labute approximate surface area is 129 Å². The molecule has 1 aliphatic carbocycles. The van der Waals surface area contributed by atoms with E-state index in [1.165, 1.54) is 0 Å². The molecule has 2 fully saturated rings. The Hall–Kier alpha value is -1.89. The van der Waals surface area contributed by atoms with Crippen LogP contribution in [0.5, 0.6) is 0 Å². The van der Waals surface area contributed by atoms with Gasteiger partial charge in [-0.2, -0.15) is 0 Å². The largest absolute Gasteiger partial charge is 0.349 e. The van der Waals surface area contributed by atoms with E-state index in [1.54, 1.807) is 24.3 Å². The minimum absolute atomic E-state index is 0.0644. The number of benzene rings is 1. The van der Waals surface area contributed by atoms with Crippen LogP contribution in [0.25, 0.3) is 0 Å². The summed E-state index contributed by atoms with van der Waals surface area (Å²) in [6, 6.07) is 6.96. The maximum absolute atomic E-state index is 12.1. The summed E-state index contributed by atoms with van der Waals surface area (Å²) in [7, 11) is -3.09. The van der Waals surface area contributed by atoms with Gasteiger partial charge in [-0.25, -0.2) is 8.42 Å². The monoisotopic (exact) mass is 322 g/mol. The van der Waals surface area contributed by atoms with Crippen LogP contribution in [0, 0.1) is 5.92 Å². The zero-order valence-corrected chi connectivity index (χ0v) is 12.9. The molecular weight excluding hydrogens is 304 g/mol. The van der Waals surface area contributed by atoms with E-state index >= 15 is 0 Å². The number of amides is 2. The highest BCUT2D eigenvalue weighted by Gasteiger charge is 2.33. The second-order valence-corrected chi connectivity index (χ2v) is 8.15. The van der Waals surface area contributed by atoms with Gasteiger partial charge < -0.3 is 10.6 Å². The summed E-state index contributed by atoms with van der Waals surface area (Å²) >= 11 is 0. The zero-order chi connectivity index (χ0) is 15.7. The van der Waals surface area contributed by atoms with E-state index in [9.17, 15) is 18.0 Å². The molecule has 1 saturated heterocycles. The van der Waals surface area contributed by atoms with Gasteiger partial charge in [-0.3, -0.25) is 9.59 Å². The highest BCUT2D eigenvalue weighted by atomic mass is 32.2. The fraction of sp³-hybridized carbons (Fsp3) is 0.467. The summed E-state index contributed by atoms with van der Waals surface area (Å²) in [6.07, 6.45) is 2.38. The topological polar surface area (TPSA) is 92.3 Å². The van der Waals surface area contributed by atoms with Crippen LogP contribution in [-0.2, 0) is 14.6 Å². The van der Waals surface area contributed by atoms with Gasteiger partial charge in [0.2, 0.25) is 5.91 Å². The summed E-state index contributed by atoms with van der Waals surface area (Å²) in [5.74, 6) is -0.993. The highest BCUT2D eigenvalue weighted by molar-refractivity contribution is 7.91. The second kappa shape index (κ2) is 5.72. The van der Waals surface area contributed by atoms with Crippen LogP contribution >= 0.6 is 0 Å². The van der Waals surface area contributed by atoms with Crippen molar-refractivity contribution < 1.29 is 18.0 Å². The average Bonchev–Trinajstić information content (AvgIpc) is 3.20. The minimum Gasteiger partial charge on any atom is -0.349 e. The van der Waals surface area contributed by atoms with E-state index in [0.717, 1.165) is 12.8 Å². The van der Waals surface area contributed by atoms with Crippen LogP contribution in [0.15, 0.2) is 24.3 Å². The van der Waals surface area contributed by atoms with Gasteiger partial charge >= 0.3 is 0 Å². The fourth-order valence-corrected chi connectivity index (χ4v) is 4.22. The smallest absolute Gasteiger partial charge is 0.251 e. The van der Waals surface area contributed by atoms with Gasteiger partial charge in [0, 0.05) is 17.3 Å². The van der Waals surface area contributed by atoms with Crippen molar-refractivity contribution in [1.82, 2.24) is 5.32 Å². The van der Waals surface area contributed by atoms with Gasteiger partial charge in [0.1, 0.15) is 0 Å².